The van der Waals surface area contributed by atoms with Crippen molar-refractivity contribution in [3.8, 4) is 5.75 Å². The zero-order valence-electron chi connectivity index (χ0n) is 24.5. The van der Waals surface area contributed by atoms with Crippen LogP contribution in [-0.4, -0.2) is 41.5 Å². The molecule has 16 heteroatoms. The largest absolute Gasteiger partial charge is 0.465 e. The fraction of sp³-hybridized carbons (Fsp3) is 0.321. The number of nitrogens with one attached hydrogen (secondary N) is 4. The van der Waals surface area contributed by atoms with E-state index in [2.05, 4.69) is 56.8 Å². The molecule has 0 radical (unpaired) electrons. The van der Waals surface area contributed by atoms with Gasteiger partial charge in [-0.2, -0.15) is 0 Å². The molecule has 1 unspecified atom stereocenters. The summed E-state index contributed by atoms with van der Waals surface area (Å²) in [5, 5.41) is 5.58. The van der Waals surface area contributed by atoms with Gasteiger partial charge in [0.15, 0.2) is 0 Å². The average molecular weight is 740 g/mol. The predicted molar refractivity (Wildman–Crippen MR) is 173 cm³/mol. The fourth-order valence-corrected chi connectivity index (χ4v) is 5.37. The Balaban J connectivity index is 0.00000675. The molecule has 3 aromatic rings. The van der Waals surface area contributed by atoms with Crippen molar-refractivity contribution in [3.05, 3.63) is 87.4 Å². The second-order valence-electron chi connectivity index (χ2n) is 10.9. The van der Waals surface area contributed by atoms with Crippen LogP contribution in [-0.2, 0) is 43.3 Å². The topological polar surface area (TPSA) is 143 Å². The highest BCUT2D eigenvalue weighted by molar-refractivity contribution is 9.10. The third kappa shape index (κ3) is 11.5. The summed E-state index contributed by atoms with van der Waals surface area (Å²) in [6.07, 6.45) is 0.520. The summed E-state index contributed by atoms with van der Waals surface area (Å²) in [6.45, 7) is 6.01. The van der Waals surface area contributed by atoms with Crippen molar-refractivity contribution in [3.63, 3.8) is 0 Å². The molecular weight excluding hydrogens is 706 g/mol. The van der Waals surface area contributed by atoms with Gasteiger partial charge in [0, 0.05) is 13.1 Å². The number of ether oxygens (including phenoxy) is 1. The van der Waals surface area contributed by atoms with Crippen LogP contribution in [0.25, 0.3) is 0 Å². The molecule has 1 atom stereocenters. The molecule has 0 heterocycles. The summed E-state index contributed by atoms with van der Waals surface area (Å²) in [5.74, 6) is -1.90. The molecule has 4 N–H and O–H groups in total. The zero-order chi connectivity index (χ0) is 32.2. The summed E-state index contributed by atoms with van der Waals surface area (Å²) >= 11 is 3.49. The Kier molecular flexibility index (Phi) is 12.6. The van der Waals surface area contributed by atoms with Crippen molar-refractivity contribution in [2.24, 2.45) is 0 Å². The third-order valence-corrected chi connectivity index (χ3v) is 7.70. The van der Waals surface area contributed by atoms with Crippen molar-refractivity contribution in [2.75, 3.05) is 22.0 Å². The Bertz CT molecular complexity index is 1720. The fourth-order valence-electron chi connectivity index (χ4n) is 3.77. The lowest BCUT2D eigenvalue weighted by Crippen LogP contribution is -2.47. The number of carbonyl (C=O) groups is 1. The quantitative estimate of drug-likeness (QED) is 0.192. The molecule has 0 saturated heterocycles. The molecule has 0 saturated carbocycles. The van der Waals surface area contributed by atoms with Crippen LogP contribution in [0.5, 0.6) is 5.75 Å². The van der Waals surface area contributed by atoms with Gasteiger partial charge in [-0.15, -0.1) is 12.4 Å². The van der Waals surface area contributed by atoms with Gasteiger partial charge in [0.05, 0.1) is 28.4 Å². The first-order valence-corrected chi connectivity index (χ1v) is 17.4. The molecule has 0 spiro atoms. The number of hydrogen-bond acceptors (Lipinski definition) is 7. The highest BCUT2D eigenvalue weighted by Crippen LogP contribution is 2.32. The van der Waals surface area contributed by atoms with Gasteiger partial charge in [0.1, 0.15) is 17.4 Å². The highest BCUT2D eigenvalue weighted by atomic mass is 79.9. The van der Waals surface area contributed by atoms with Gasteiger partial charge in [0.25, 0.3) is 5.91 Å². The third-order valence-electron chi connectivity index (χ3n) is 5.90. The minimum absolute atomic E-state index is 0. The van der Waals surface area contributed by atoms with E-state index in [1.54, 1.807) is 6.07 Å². The van der Waals surface area contributed by atoms with Crippen LogP contribution >= 0.6 is 28.3 Å². The van der Waals surface area contributed by atoms with Crippen molar-refractivity contribution >= 4 is 65.7 Å². The molecule has 0 fully saturated rings. The van der Waals surface area contributed by atoms with Crippen LogP contribution in [0.4, 0.5) is 20.2 Å². The molecule has 0 aliphatic rings. The van der Waals surface area contributed by atoms with E-state index < -0.39 is 43.8 Å². The first-order chi connectivity index (χ1) is 19.8. The van der Waals surface area contributed by atoms with Crippen molar-refractivity contribution in [2.45, 2.75) is 45.5 Å². The molecule has 0 bridgehead atoms. The molecule has 3 rings (SSSR count). The van der Waals surface area contributed by atoms with E-state index in [4.69, 9.17) is 4.74 Å². The lowest BCUT2D eigenvalue weighted by Gasteiger charge is -2.23. The second-order valence-corrected chi connectivity index (χ2v) is 15.2. The van der Waals surface area contributed by atoms with Crippen molar-refractivity contribution < 1.29 is 35.1 Å². The molecule has 44 heavy (non-hydrogen) atoms. The Morgan fingerprint density at radius 3 is 1.77 bits per heavy atom. The molecule has 242 valence electrons. The number of halogens is 4. The van der Waals surface area contributed by atoms with Gasteiger partial charge < -0.3 is 10.1 Å². The van der Waals surface area contributed by atoms with Crippen LogP contribution in [0.1, 0.15) is 37.5 Å². The van der Waals surface area contributed by atoms with Gasteiger partial charge >= 0.3 is 0 Å². The molecule has 1 amide bonds. The molecule has 0 aliphatic carbocycles. The van der Waals surface area contributed by atoms with E-state index in [-0.39, 0.29) is 42.3 Å². The number of anilines is 2. The van der Waals surface area contributed by atoms with E-state index in [0.717, 1.165) is 30.2 Å². The maximum absolute atomic E-state index is 14.5. The summed E-state index contributed by atoms with van der Waals surface area (Å²) < 4.78 is 85.4. The monoisotopic (exact) mass is 738 g/mol. The minimum atomic E-state index is -3.68. The summed E-state index contributed by atoms with van der Waals surface area (Å²) in [7, 11) is -7.36. The smallest absolute Gasteiger partial charge is 0.276 e. The minimum Gasteiger partial charge on any atom is -0.465 e. The molecular formula is C28H34BrClF2N4O6S2. The number of amides is 1. The normalized spacial score (nSPS) is 12.5. The van der Waals surface area contributed by atoms with Crippen LogP contribution < -0.4 is 24.8 Å². The first-order valence-electron chi connectivity index (χ1n) is 12.8. The first kappa shape index (κ1) is 37.2. The SMILES string of the molecule is CC(C)(C)c1ccc(OC(NCc2ccc(NS(C)(=O)=O)c(F)c2)C(=O)NCc2ccc(NS(C)(=O)=O)c(F)c2)c(Br)c1.Cl. The standard InChI is InChI=1S/C28H33BrF2N4O6S2.ClH/c1-28(2,3)19-8-11-25(20(29)14-19)41-27(33-16-18-7-10-24(22(31)13-18)35-43(5,39)40)26(36)32-15-17-6-9-23(21(30)12-17)34-42(4,37)38;/h6-14,27,33-35H,15-16H2,1-5H3,(H,32,36);1H. The van der Waals surface area contributed by atoms with Crippen LogP contribution in [0.3, 0.4) is 0 Å². The number of rotatable bonds is 12. The average Bonchev–Trinajstić information content (AvgIpc) is 2.86. The number of benzene rings is 3. The van der Waals surface area contributed by atoms with Crippen LogP contribution in [0.15, 0.2) is 59.1 Å². The molecule has 0 aromatic heterocycles. The van der Waals surface area contributed by atoms with Gasteiger partial charge in [-0.05, 0) is 74.4 Å². The van der Waals surface area contributed by atoms with Crippen LogP contribution in [0, 0.1) is 11.6 Å². The van der Waals surface area contributed by atoms with E-state index in [1.165, 1.54) is 24.3 Å². The van der Waals surface area contributed by atoms with Gasteiger partial charge in [-0.3, -0.25) is 19.6 Å². The summed E-state index contributed by atoms with van der Waals surface area (Å²) in [5.41, 5.74) is 1.19. The molecule has 10 nitrogen and oxygen atoms in total. The Morgan fingerprint density at radius 1 is 0.841 bits per heavy atom. The highest BCUT2D eigenvalue weighted by Gasteiger charge is 2.23. The maximum atomic E-state index is 14.5. The van der Waals surface area contributed by atoms with E-state index in [0.29, 0.717) is 21.3 Å². The lowest BCUT2D eigenvalue weighted by atomic mass is 9.87. The number of carbonyl (C=O) groups excluding carboxylic acids is 1. The number of sulfonamides is 2. The van der Waals surface area contributed by atoms with Gasteiger partial charge in [0.2, 0.25) is 26.3 Å². The van der Waals surface area contributed by atoms with Crippen molar-refractivity contribution in [1.29, 1.82) is 0 Å². The predicted octanol–water partition coefficient (Wildman–Crippen LogP) is 5.00. The van der Waals surface area contributed by atoms with Crippen LogP contribution in [0.2, 0.25) is 0 Å². The zero-order valence-corrected chi connectivity index (χ0v) is 28.5. The van der Waals surface area contributed by atoms with E-state index in [9.17, 15) is 30.4 Å². The summed E-state index contributed by atoms with van der Waals surface area (Å²) in [4.78, 5) is 13.2. The van der Waals surface area contributed by atoms with E-state index in [1.807, 2.05) is 12.1 Å². The molecule has 3 aromatic carbocycles. The van der Waals surface area contributed by atoms with Crippen molar-refractivity contribution in [1.82, 2.24) is 10.6 Å². The second kappa shape index (κ2) is 14.9. The van der Waals surface area contributed by atoms with Gasteiger partial charge in [-0.25, -0.2) is 25.6 Å². The van der Waals surface area contributed by atoms with E-state index >= 15 is 0 Å². The molecule has 0 aliphatic heterocycles. The maximum Gasteiger partial charge on any atom is 0.276 e. The summed E-state index contributed by atoms with van der Waals surface area (Å²) in [6, 6.07) is 13.1. The Hall–Kier alpha value is -2.98. The number of hydrogen-bond donors (Lipinski definition) is 4. The Morgan fingerprint density at radius 2 is 1.34 bits per heavy atom. The lowest BCUT2D eigenvalue weighted by molar-refractivity contribution is -0.129. The van der Waals surface area contributed by atoms with Gasteiger partial charge in [-0.1, -0.05) is 39.0 Å². The Labute approximate surface area is 271 Å².